The number of para-hydroxylation sites is 1. The average molecular weight is 698 g/mol. The number of hydrogen-bond acceptors (Lipinski definition) is 4. The highest BCUT2D eigenvalue weighted by Crippen LogP contribution is 2.45. The van der Waals surface area contributed by atoms with Crippen LogP contribution in [0.3, 0.4) is 0 Å². The van der Waals surface area contributed by atoms with Gasteiger partial charge in [-0.1, -0.05) is 39.0 Å². The predicted octanol–water partition coefficient (Wildman–Crippen LogP) is 8.12. The fraction of sp³-hybridized carbons (Fsp3) is 0.333. The van der Waals surface area contributed by atoms with Gasteiger partial charge in [0.05, 0.1) is 16.2 Å². The highest BCUT2D eigenvalue weighted by molar-refractivity contribution is 14.1. The van der Waals surface area contributed by atoms with E-state index >= 15 is 0 Å². The fourth-order valence-electron chi connectivity index (χ4n) is 4.37. The summed E-state index contributed by atoms with van der Waals surface area (Å²) in [6, 6.07) is 13.8. The van der Waals surface area contributed by atoms with Crippen LogP contribution in [-0.2, 0) is 12.8 Å². The Morgan fingerprint density at radius 2 is 1.94 bits per heavy atom. The number of anilines is 1. The zero-order valence-electron chi connectivity index (χ0n) is 19.7. The number of carbonyl (C=O) groups excluding carboxylic acids is 1. The Hall–Kier alpha value is -1.46. The van der Waals surface area contributed by atoms with Crippen LogP contribution < -0.4 is 10.1 Å². The van der Waals surface area contributed by atoms with E-state index in [9.17, 15) is 4.79 Å². The van der Waals surface area contributed by atoms with Gasteiger partial charge in [-0.3, -0.25) is 4.79 Å². The number of benzene rings is 2. The molecule has 0 bridgehead atoms. The summed E-state index contributed by atoms with van der Waals surface area (Å²) in [7, 11) is 1.68. The number of nitrogens with one attached hydrogen (secondary N) is 1. The number of fused-ring (bicyclic) bond motifs is 1. The second-order valence-electron chi connectivity index (χ2n) is 9.58. The summed E-state index contributed by atoms with van der Waals surface area (Å²) in [5.41, 5.74) is 3.82. The monoisotopic (exact) mass is 698 g/mol. The number of rotatable bonds is 5. The molecule has 1 heterocycles. The summed E-state index contributed by atoms with van der Waals surface area (Å²) >= 11 is 6.24. The van der Waals surface area contributed by atoms with Crippen molar-refractivity contribution in [2.75, 3.05) is 12.4 Å². The molecule has 7 heteroatoms. The van der Waals surface area contributed by atoms with Crippen LogP contribution in [0.2, 0.25) is 0 Å². The van der Waals surface area contributed by atoms with Gasteiger partial charge in [0, 0.05) is 25.9 Å². The van der Waals surface area contributed by atoms with E-state index in [4.69, 9.17) is 9.73 Å². The van der Waals surface area contributed by atoms with Crippen LogP contribution in [0.15, 0.2) is 47.5 Å². The maximum Gasteiger partial charge on any atom is 0.259 e. The Balaban J connectivity index is 1.75. The first-order valence-corrected chi connectivity index (χ1v) is 14.2. The van der Waals surface area contributed by atoms with Crippen LogP contribution in [0.25, 0.3) is 0 Å². The van der Waals surface area contributed by atoms with Gasteiger partial charge in [0.25, 0.3) is 5.91 Å². The maximum absolute atomic E-state index is 13.5. The van der Waals surface area contributed by atoms with Gasteiger partial charge in [-0.25, -0.2) is 4.99 Å². The van der Waals surface area contributed by atoms with Gasteiger partial charge in [0.2, 0.25) is 0 Å². The van der Waals surface area contributed by atoms with Gasteiger partial charge in [0.1, 0.15) is 10.8 Å². The van der Waals surface area contributed by atoms with Crippen molar-refractivity contribution < 1.29 is 9.53 Å². The first kappa shape index (κ1) is 25.6. The minimum atomic E-state index is -0.0887. The van der Waals surface area contributed by atoms with Crippen molar-refractivity contribution in [2.24, 2.45) is 16.3 Å². The molecule has 1 amide bonds. The molecule has 0 fully saturated rings. The number of aliphatic imine (C=N–C) groups is 1. The minimum absolute atomic E-state index is 0.0887. The molecule has 1 N–H and O–H groups in total. The molecule has 0 radical (unpaired) electrons. The summed E-state index contributed by atoms with van der Waals surface area (Å²) in [5, 5.41) is 3.85. The number of amides is 1. The molecule has 0 aliphatic heterocycles. The minimum Gasteiger partial charge on any atom is -0.495 e. The summed E-state index contributed by atoms with van der Waals surface area (Å²) in [5.74, 6) is 1.31. The molecule has 4 nitrogen and oxygen atoms in total. The van der Waals surface area contributed by atoms with Gasteiger partial charge in [-0.15, -0.1) is 11.3 Å². The first-order chi connectivity index (χ1) is 16.2. The lowest BCUT2D eigenvalue weighted by molar-refractivity contribution is 0.102. The SMILES string of the molecule is COc1c(I)cc(I)cc1C=Nc1sc2c(c1C(=O)Nc1ccccc1)CC[C@H](C(C)(C)C)C2. The quantitative estimate of drug-likeness (QED) is 0.216. The molecule has 2 aromatic carbocycles. The second-order valence-corrected chi connectivity index (χ2v) is 13.1. The van der Waals surface area contributed by atoms with Gasteiger partial charge in [-0.05, 0) is 106 Å². The lowest BCUT2D eigenvalue weighted by atomic mass is 9.72. The molecular formula is C27H28I2N2O2S. The van der Waals surface area contributed by atoms with E-state index in [1.165, 1.54) is 4.88 Å². The maximum atomic E-state index is 13.5. The number of hydrogen-bond donors (Lipinski definition) is 1. The second kappa shape index (κ2) is 10.7. The van der Waals surface area contributed by atoms with Crippen molar-refractivity contribution >= 4 is 79.3 Å². The zero-order valence-corrected chi connectivity index (χ0v) is 24.9. The summed E-state index contributed by atoms with van der Waals surface area (Å²) in [6.07, 6.45) is 4.83. The first-order valence-electron chi connectivity index (χ1n) is 11.3. The Bertz CT molecular complexity index is 1230. The number of nitrogens with zero attached hydrogens (tertiary/aromatic N) is 1. The zero-order chi connectivity index (χ0) is 24.5. The van der Waals surface area contributed by atoms with Crippen LogP contribution in [0.4, 0.5) is 10.7 Å². The number of ether oxygens (including phenoxy) is 1. The van der Waals surface area contributed by atoms with Crippen LogP contribution in [0, 0.1) is 18.5 Å². The van der Waals surface area contributed by atoms with Crippen molar-refractivity contribution in [3.8, 4) is 5.75 Å². The smallest absolute Gasteiger partial charge is 0.259 e. The van der Waals surface area contributed by atoms with Crippen LogP contribution in [0.1, 0.15) is 53.6 Å². The van der Waals surface area contributed by atoms with Gasteiger partial charge >= 0.3 is 0 Å². The third kappa shape index (κ3) is 5.67. The molecule has 178 valence electrons. The standard InChI is InChI=1S/C27H28I2N2O2S/c1-27(2,3)17-10-11-20-22(13-17)34-26(23(20)25(32)31-19-8-6-5-7-9-19)30-15-16-12-18(28)14-21(29)24(16)33-4/h5-9,12,14-15,17H,10-11,13H2,1-4H3,(H,31,32)/t17-/m0/s1. The Morgan fingerprint density at radius 3 is 2.62 bits per heavy atom. The third-order valence-electron chi connectivity index (χ3n) is 6.29. The molecule has 34 heavy (non-hydrogen) atoms. The molecule has 1 aliphatic carbocycles. The number of carbonyl (C=O) groups is 1. The molecule has 0 saturated heterocycles. The average Bonchev–Trinajstić information content (AvgIpc) is 3.15. The number of halogens is 2. The number of thiophene rings is 1. The largest absolute Gasteiger partial charge is 0.495 e. The Morgan fingerprint density at radius 1 is 1.21 bits per heavy atom. The van der Waals surface area contributed by atoms with Crippen molar-refractivity contribution in [3.63, 3.8) is 0 Å². The lowest BCUT2D eigenvalue weighted by Gasteiger charge is -2.33. The van der Waals surface area contributed by atoms with E-state index in [-0.39, 0.29) is 11.3 Å². The van der Waals surface area contributed by atoms with Crippen molar-refractivity contribution in [1.82, 2.24) is 0 Å². The van der Waals surface area contributed by atoms with Crippen LogP contribution in [-0.4, -0.2) is 19.2 Å². The van der Waals surface area contributed by atoms with Crippen LogP contribution >= 0.6 is 56.5 Å². The fourth-order valence-corrected chi connectivity index (χ4v) is 7.75. The topological polar surface area (TPSA) is 50.7 Å². The van der Waals surface area contributed by atoms with E-state index in [1.54, 1.807) is 18.4 Å². The highest BCUT2D eigenvalue weighted by atomic mass is 127. The Kier molecular flexibility index (Phi) is 8.03. The molecule has 1 aliphatic rings. The molecule has 1 atom stereocenters. The normalized spacial score (nSPS) is 15.9. The van der Waals surface area contributed by atoms with Gasteiger partial charge in [0.15, 0.2) is 0 Å². The van der Waals surface area contributed by atoms with E-state index in [2.05, 4.69) is 83.4 Å². The molecule has 1 aromatic heterocycles. The molecule has 3 aromatic rings. The molecule has 0 spiro atoms. The van der Waals surface area contributed by atoms with Crippen molar-refractivity contribution in [2.45, 2.75) is 40.0 Å². The van der Waals surface area contributed by atoms with E-state index in [0.717, 1.165) is 54.0 Å². The summed E-state index contributed by atoms with van der Waals surface area (Å²) in [6.45, 7) is 6.93. The Labute approximate surface area is 232 Å². The molecule has 0 unspecified atom stereocenters. The van der Waals surface area contributed by atoms with Crippen molar-refractivity contribution in [3.05, 3.63) is 71.2 Å². The molecule has 4 rings (SSSR count). The van der Waals surface area contributed by atoms with Gasteiger partial charge in [-0.2, -0.15) is 0 Å². The van der Waals surface area contributed by atoms with Gasteiger partial charge < -0.3 is 10.1 Å². The molecule has 0 saturated carbocycles. The molecular weight excluding hydrogens is 670 g/mol. The van der Waals surface area contributed by atoms with E-state index < -0.39 is 0 Å². The lowest BCUT2D eigenvalue weighted by Crippen LogP contribution is -2.27. The highest BCUT2D eigenvalue weighted by Gasteiger charge is 2.33. The number of methoxy groups -OCH3 is 1. The van der Waals surface area contributed by atoms with Crippen LogP contribution in [0.5, 0.6) is 5.75 Å². The van der Waals surface area contributed by atoms with E-state index in [1.807, 2.05) is 36.5 Å². The van der Waals surface area contributed by atoms with E-state index in [0.29, 0.717) is 11.5 Å². The third-order valence-corrected chi connectivity index (χ3v) is 8.88. The summed E-state index contributed by atoms with van der Waals surface area (Å²) < 4.78 is 7.78. The predicted molar refractivity (Wildman–Crippen MR) is 159 cm³/mol. The van der Waals surface area contributed by atoms with Crippen molar-refractivity contribution in [1.29, 1.82) is 0 Å². The summed E-state index contributed by atoms with van der Waals surface area (Å²) in [4.78, 5) is 19.6.